The van der Waals surface area contributed by atoms with Crippen molar-refractivity contribution >= 4 is 10.1 Å². The highest BCUT2D eigenvalue weighted by molar-refractivity contribution is 7.86. The molecule has 0 spiro atoms. The first-order valence-electron chi connectivity index (χ1n) is 7.95. The molecule has 0 atom stereocenters. The number of likely N-dealkylation sites (tertiary alicyclic amines) is 1. The van der Waals surface area contributed by atoms with E-state index < -0.39 is 15.6 Å². The molecule has 0 radical (unpaired) electrons. The molecule has 22 heavy (non-hydrogen) atoms. The summed E-state index contributed by atoms with van der Waals surface area (Å²) in [4.78, 5) is 0. The summed E-state index contributed by atoms with van der Waals surface area (Å²) in [7, 11) is -6.09. The van der Waals surface area contributed by atoms with Gasteiger partial charge in [0.15, 0.2) is 10.1 Å². The van der Waals surface area contributed by atoms with Crippen LogP contribution in [0.2, 0.25) is 0 Å². The number of quaternary nitrogens is 1. The second-order valence-electron chi connectivity index (χ2n) is 5.90. The average Bonchev–Trinajstić information content (AvgIpc) is 2.39. The fourth-order valence-corrected chi connectivity index (χ4v) is 2.91. The second-order valence-corrected chi connectivity index (χ2v) is 7.27. The molecular weight excluding hydrogens is 319 g/mol. The fourth-order valence-electron chi connectivity index (χ4n) is 2.91. The topological polar surface area (TPSA) is 57.2 Å². The van der Waals surface area contributed by atoms with Gasteiger partial charge in [0.05, 0.1) is 26.2 Å². The van der Waals surface area contributed by atoms with Crippen LogP contribution in [0.15, 0.2) is 0 Å². The van der Waals surface area contributed by atoms with E-state index in [0.717, 1.165) is 0 Å². The van der Waals surface area contributed by atoms with Crippen LogP contribution in [0.3, 0.4) is 0 Å². The summed E-state index contributed by atoms with van der Waals surface area (Å²) in [5.74, 6) is 0. The Morgan fingerprint density at radius 1 is 0.955 bits per heavy atom. The van der Waals surface area contributed by atoms with Gasteiger partial charge in [-0.05, 0) is 38.5 Å². The van der Waals surface area contributed by atoms with Crippen molar-refractivity contribution in [2.24, 2.45) is 0 Å². The van der Waals surface area contributed by atoms with Crippen LogP contribution in [0.1, 0.15) is 58.8 Å². The number of nitrogens with zero attached hydrogens (tertiary/aromatic N) is 1. The molecule has 0 bridgehead atoms. The Morgan fingerprint density at radius 2 is 1.45 bits per heavy atom. The van der Waals surface area contributed by atoms with Gasteiger partial charge in [-0.1, -0.05) is 20.3 Å². The number of hydrogen-bond acceptors (Lipinski definition) is 3. The number of halogens is 3. The highest BCUT2D eigenvalue weighted by Crippen LogP contribution is 2.21. The second kappa shape index (κ2) is 9.72. The first-order valence-corrected chi connectivity index (χ1v) is 9.36. The largest absolute Gasteiger partial charge is 0.741 e. The highest BCUT2D eigenvalue weighted by atomic mass is 32.2. The predicted octanol–water partition coefficient (Wildman–Crippen LogP) is 3.64. The Labute approximate surface area is 132 Å². The maximum atomic E-state index is 10.7. The van der Waals surface area contributed by atoms with E-state index in [1.165, 1.54) is 75.6 Å². The maximum Gasteiger partial charge on any atom is 0.485 e. The van der Waals surface area contributed by atoms with Gasteiger partial charge in [0.2, 0.25) is 0 Å². The van der Waals surface area contributed by atoms with Crippen LogP contribution in [-0.4, -0.2) is 49.1 Å². The zero-order chi connectivity index (χ0) is 17.3. The van der Waals surface area contributed by atoms with Gasteiger partial charge in [-0.3, -0.25) is 0 Å². The molecule has 0 saturated carbocycles. The Hall–Kier alpha value is -0.340. The van der Waals surface area contributed by atoms with Crippen LogP contribution in [-0.2, 0) is 10.1 Å². The molecule has 0 unspecified atom stereocenters. The molecule has 8 heteroatoms. The van der Waals surface area contributed by atoms with Crippen LogP contribution in [0, 0.1) is 0 Å². The lowest BCUT2D eigenvalue weighted by atomic mass is 10.1. The molecule has 0 amide bonds. The molecular formula is C14H28F3NO3S. The molecule has 1 rings (SSSR count). The number of hydrogen-bond donors (Lipinski definition) is 0. The minimum atomic E-state index is -6.09. The Bertz CT molecular complexity index is 385. The summed E-state index contributed by atoms with van der Waals surface area (Å²) in [6.45, 7) is 10.5. The van der Waals surface area contributed by atoms with Crippen molar-refractivity contribution in [3.05, 3.63) is 0 Å². The predicted molar refractivity (Wildman–Crippen MR) is 79.1 cm³/mol. The van der Waals surface area contributed by atoms with Gasteiger partial charge in [0, 0.05) is 0 Å². The first kappa shape index (κ1) is 21.7. The van der Waals surface area contributed by atoms with Crippen LogP contribution in [0.25, 0.3) is 0 Å². The van der Waals surface area contributed by atoms with E-state index in [9.17, 15) is 13.2 Å². The summed E-state index contributed by atoms with van der Waals surface area (Å²) in [6.07, 6.45) is 10.1. The molecule has 1 aliphatic rings. The molecule has 134 valence electrons. The molecule has 1 saturated heterocycles. The van der Waals surface area contributed by atoms with E-state index in [0.29, 0.717) is 0 Å². The smallest absolute Gasteiger partial charge is 0.485 e. The van der Waals surface area contributed by atoms with Crippen LogP contribution < -0.4 is 0 Å². The van der Waals surface area contributed by atoms with Crippen molar-refractivity contribution in [3.8, 4) is 0 Å². The van der Waals surface area contributed by atoms with E-state index in [4.69, 9.17) is 13.0 Å². The van der Waals surface area contributed by atoms with Crippen molar-refractivity contribution < 1.29 is 30.6 Å². The number of unbranched alkanes of at least 4 members (excludes halogenated alkanes) is 2. The molecule has 1 fully saturated rings. The van der Waals surface area contributed by atoms with Crippen LogP contribution >= 0.6 is 0 Å². The Balaban J connectivity index is 0.000000472. The van der Waals surface area contributed by atoms with E-state index >= 15 is 0 Å². The zero-order valence-corrected chi connectivity index (χ0v) is 14.3. The van der Waals surface area contributed by atoms with Gasteiger partial charge >= 0.3 is 5.51 Å². The molecule has 1 aliphatic heterocycles. The fraction of sp³-hybridized carbons (Fsp3) is 1.00. The quantitative estimate of drug-likeness (QED) is 0.319. The van der Waals surface area contributed by atoms with Gasteiger partial charge in [0.25, 0.3) is 0 Å². The summed E-state index contributed by atoms with van der Waals surface area (Å²) in [5.41, 5.74) is -5.65. The minimum Gasteiger partial charge on any atom is -0.741 e. The first-order chi connectivity index (χ1) is 10.1. The van der Waals surface area contributed by atoms with Crippen LogP contribution in [0.4, 0.5) is 13.2 Å². The number of rotatable bonds is 6. The van der Waals surface area contributed by atoms with E-state index in [1.807, 2.05) is 0 Å². The van der Waals surface area contributed by atoms with Gasteiger partial charge in [-0.2, -0.15) is 13.2 Å². The monoisotopic (exact) mass is 347 g/mol. The lowest BCUT2D eigenvalue weighted by Gasteiger charge is -2.41. The summed E-state index contributed by atoms with van der Waals surface area (Å²) in [5, 5.41) is 0. The average molecular weight is 347 g/mol. The normalized spacial score (nSPS) is 18.5. The molecule has 1 heterocycles. The third-order valence-corrected chi connectivity index (χ3v) is 4.55. The maximum absolute atomic E-state index is 10.7. The lowest BCUT2D eigenvalue weighted by molar-refractivity contribution is -0.932. The molecule has 0 aromatic heterocycles. The molecule has 0 aromatic carbocycles. The molecule has 0 aliphatic carbocycles. The van der Waals surface area contributed by atoms with Crippen molar-refractivity contribution in [2.75, 3.05) is 26.2 Å². The van der Waals surface area contributed by atoms with Gasteiger partial charge in [0.1, 0.15) is 0 Å². The lowest BCUT2D eigenvalue weighted by Crippen LogP contribution is -2.52. The third kappa shape index (κ3) is 8.33. The van der Waals surface area contributed by atoms with Crippen molar-refractivity contribution in [1.29, 1.82) is 0 Å². The highest BCUT2D eigenvalue weighted by Gasteiger charge is 2.36. The van der Waals surface area contributed by atoms with Crippen molar-refractivity contribution in [1.82, 2.24) is 0 Å². The summed E-state index contributed by atoms with van der Waals surface area (Å²) >= 11 is 0. The SMILES string of the molecule is CCCCC[N+]1(CCC)CCCCC1.O=S(=O)([O-])C(F)(F)F. The zero-order valence-electron chi connectivity index (χ0n) is 13.5. The number of alkyl halides is 3. The Kier molecular flexibility index (Phi) is 9.57. The van der Waals surface area contributed by atoms with Crippen molar-refractivity contribution in [3.63, 3.8) is 0 Å². The summed E-state index contributed by atoms with van der Waals surface area (Å²) in [6, 6.07) is 0. The van der Waals surface area contributed by atoms with E-state index in [1.54, 1.807) is 0 Å². The summed E-state index contributed by atoms with van der Waals surface area (Å²) < 4.78 is 60.4. The minimum absolute atomic E-state index is 1.37. The number of piperidine rings is 1. The van der Waals surface area contributed by atoms with E-state index in [2.05, 4.69) is 13.8 Å². The van der Waals surface area contributed by atoms with Gasteiger partial charge in [-0.25, -0.2) is 8.42 Å². The molecule has 4 nitrogen and oxygen atoms in total. The Morgan fingerprint density at radius 3 is 1.82 bits per heavy atom. The van der Waals surface area contributed by atoms with Crippen molar-refractivity contribution in [2.45, 2.75) is 64.3 Å². The molecule has 0 N–H and O–H groups in total. The van der Waals surface area contributed by atoms with E-state index in [-0.39, 0.29) is 0 Å². The third-order valence-electron chi connectivity index (χ3n) is 3.98. The molecule has 0 aromatic rings. The standard InChI is InChI=1S/C13H28N.CHF3O3S/c1-3-5-7-11-14(10-4-2)12-8-6-9-13-14;2-1(3,4)8(5,6)7/h3-13H2,1-2H3;(H,5,6,7)/q+1;/p-1. The van der Waals surface area contributed by atoms with Gasteiger partial charge < -0.3 is 9.04 Å². The van der Waals surface area contributed by atoms with Crippen LogP contribution in [0.5, 0.6) is 0 Å². The van der Waals surface area contributed by atoms with Gasteiger partial charge in [-0.15, -0.1) is 0 Å².